The van der Waals surface area contributed by atoms with E-state index in [0.29, 0.717) is 44.2 Å². The lowest BCUT2D eigenvalue weighted by molar-refractivity contribution is -0.118. The van der Waals surface area contributed by atoms with Crippen molar-refractivity contribution in [1.82, 2.24) is 20.2 Å². The number of hydrogen-bond donors (Lipinski definition) is 0. The van der Waals surface area contributed by atoms with Crippen LogP contribution < -0.4 is 9.64 Å². The Morgan fingerprint density at radius 2 is 1.75 bits per heavy atom. The van der Waals surface area contributed by atoms with Crippen molar-refractivity contribution in [3.05, 3.63) is 65.5 Å². The monoisotopic (exact) mass is 545 g/mol. The maximum Gasteiger partial charge on any atom is 0.338 e. The zero-order valence-electron chi connectivity index (χ0n) is 23.2. The van der Waals surface area contributed by atoms with Crippen LogP contribution in [-0.4, -0.2) is 51.8 Å². The topological polar surface area (TPSA) is 99.4 Å². The van der Waals surface area contributed by atoms with Gasteiger partial charge in [0.25, 0.3) is 0 Å². The predicted octanol–water partition coefficient (Wildman–Crippen LogP) is 5.50. The van der Waals surface area contributed by atoms with Gasteiger partial charge in [0.15, 0.2) is 5.82 Å². The number of carbonyl (C=O) groups is 2. The minimum atomic E-state index is -0.313. The van der Waals surface area contributed by atoms with Crippen molar-refractivity contribution in [2.24, 2.45) is 0 Å². The fourth-order valence-electron chi connectivity index (χ4n) is 5.63. The molecule has 212 valence electrons. The summed E-state index contributed by atoms with van der Waals surface area (Å²) in [7, 11) is 0. The Labute approximate surface area is 235 Å². The fourth-order valence-corrected chi connectivity index (χ4v) is 5.63. The number of hydrogen-bond acceptors (Lipinski definition) is 7. The number of aromatic nitrogens is 4. The number of rotatable bonds is 13. The molecule has 0 atom stereocenters. The third-order valence-electron chi connectivity index (χ3n) is 7.81. The Morgan fingerprint density at radius 3 is 2.60 bits per heavy atom. The first-order valence-corrected chi connectivity index (χ1v) is 14.7. The second kappa shape index (κ2) is 14.1. The van der Waals surface area contributed by atoms with Crippen LogP contribution in [0.3, 0.4) is 0 Å². The number of aryl methyl sites for hydroxylation is 2. The molecule has 40 heavy (non-hydrogen) atoms. The maximum absolute atomic E-state index is 12.7. The molecule has 5 rings (SSSR count). The Morgan fingerprint density at radius 1 is 0.925 bits per heavy atom. The molecule has 0 bridgehead atoms. The molecule has 0 radical (unpaired) electrons. The minimum absolute atomic E-state index is 0.137. The van der Waals surface area contributed by atoms with Gasteiger partial charge in [0.05, 0.1) is 24.8 Å². The van der Waals surface area contributed by atoms with Gasteiger partial charge in [0.2, 0.25) is 5.91 Å². The van der Waals surface area contributed by atoms with E-state index in [1.165, 1.54) is 32.1 Å². The van der Waals surface area contributed by atoms with Crippen molar-refractivity contribution < 1.29 is 19.1 Å². The van der Waals surface area contributed by atoms with E-state index in [-0.39, 0.29) is 11.9 Å². The Balaban J connectivity index is 1.04. The SMILES string of the molecule is O=C(OCCCCN1C(=O)CCc2cc(OCCCCc3nnnn3C3CCCCC3)ccc21)c1ccccc1. The molecule has 9 heteroatoms. The fraction of sp³-hybridized carbons (Fsp3) is 0.516. The lowest BCUT2D eigenvalue weighted by Gasteiger charge is -2.30. The third kappa shape index (κ3) is 7.25. The van der Waals surface area contributed by atoms with E-state index in [9.17, 15) is 9.59 Å². The van der Waals surface area contributed by atoms with Crippen molar-refractivity contribution in [2.75, 3.05) is 24.7 Å². The molecule has 1 fully saturated rings. The number of amides is 1. The van der Waals surface area contributed by atoms with E-state index in [0.717, 1.165) is 54.9 Å². The van der Waals surface area contributed by atoms with E-state index in [4.69, 9.17) is 9.47 Å². The van der Waals surface area contributed by atoms with Crippen LogP contribution in [0.5, 0.6) is 5.75 Å². The second-order valence-electron chi connectivity index (χ2n) is 10.7. The molecule has 3 aromatic rings. The van der Waals surface area contributed by atoms with Crippen molar-refractivity contribution in [3.8, 4) is 5.75 Å². The summed E-state index contributed by atoms with van der Waals surface area (Å²) in [5, 5.41) is 12.5. The minimum Gasteiger partial charge on any atom is -0.494 e. The molecule has 2 aliphatic rings. The first kappa shape index (κ1) is 27.8. The Bertz CT molecular complexity index is 1260. The average Bonchev–Trinajstić information content (AvgIpc) is 3.47. The van der Waals surface area contributed by atoms with Crippen LogP contribution in [0, 0.1) is 0 Å². The summed E-state index contributed by atoms with van der Waals surface area (Å²) in [5.41, 5.74) is 2.65. The standard InChI is InChI=1S/C31H39N5O4/c37-30-19-16-25-23-27(39-21-9-7-15-29-32-33-34-36(29)26-13-5-2-6-14-26)17-18-28(25)35(30)20-8-10-22-40-31(38)24-11-3-1-4-12-24/h1,3-4,11-12,17-18,23,26H,2,5-10,13-16,19-22H2. The predicted molar refractivity (Wildman–Crippen MR) is 151 cm³/mol. The van der Waals surface area contributed by atoms with Crippen LogP contribution in [-0.2, 0) is 22.4 Å². The number of anilines is 1. The Kier molecular flexibility index (Phi) is 9.77. The first-order chi connectivity index (χ1) is 19.7. The highest BCUT2D eigenvalue weighted by Crippen LogP contribution is 2.32. The van der Waals surface area contributed by atoms with Crippen LogP contribution in [0.1, 0.15) is 92.0 Å². The molecule has 0 unspecified atom stereocenters. The van der Waals surface area contributed by atoms with Crippen molar-refractivity contribution >= 4 is 17.6 Å². The molecule has 1 aliphatic heterocycles. The van der Waals surface area contributed by atoms with Gasteiger partial charge in [-0.2, -0.15) is 0 Å². The van der Waals surface area contributed by atoms with Crippen LogP contribution in [0.4, 0.5) is 5.69 Å². The zero-order valence-corrected chi connectivity index (χ0v) is 23.2. The van der Waals surface area contributed by atoms with Gasteiger partial charge in [-0.3, -0.25) is 4.79 Å². The van der Waals surface area contributed by atoms with Gasteiger partial charge in [-0.05, 0) is 91.3 Å². The summed E-state index contributed by atoms with van der Waals surface area (Å²) in [6.45, 7) is 1.58. The number of ether oxygens (including phenoxy) is 2. The van der Waals surface area contributed by atoms with Crippen LogP contribution in [0.25, 0.3) is 0 Å². The first-order valence-electron chi connectivity index (χ1n) is 14.7. The van der Waals surface area contributed by atoms with Gasteiger partial charge < -0.3 is 14.4 Å². The summed E-state index contributed by atoms with van der Waals surface area (Å²) in [6, 6.07) is 15.5. The van der Waals surface area contributed by atoms with Crippen molar-refractivity contribution in [1.29, 1.82) is 0 Å². The lowest BCUT2D eigenvalue weighted by atomic mass is 9.95. The number of carbonyl (C=O) groups excluding carboxylic acids is 2. The van der Waals surface area contributed by atoms with Gasteiger partial charge in [-0.15, -0.1) is 5.10 Å². The molecule has 0 spiro atoms. The number of unbranched alkanes of at least 4 members (excludes halogenated alkanes) is 2. The van der Waals surface area contributed by atoms with E-state index in [2.05, 4.69) is 21.6 Å². The van der Waals surface area contributed by atoms with Gasteiger partial charge in [0, 0.05) is 25.1 Å². The van der Waals surface area contributed by atoms with Crippen LogP contribution in [0.15, 0.2) is 48.5 Å². The maximum atomic E-state index is 12.7. The van der Waals surface area contributed by atoms with E-state index < -0.39 is 0 Å². The van der Waals surface area contributed by atoms with E-state index in [1.54, 1.807) is 12.1 Å². The summed E-state index contributed by atoms with van der Waals surface area (Å²) in [6.07, 6.45) is 11.6. The van der Waals surface area contributed by atoms with E-state index >= 15 is 0 Å². The van der Waals surface area contributed by atoms with Gasteiger partial charge in [-0.1, -0.05) is 37.5 Å². The van der Waals surface area contributed by atoms with E-state index in [1.807, 2.05) is 39.9 Å². The van der Waals surface area contributed by atoms with Gasteiger partial charge >= 0.3 is 5.97 Å². The molecule has 1 aliphatic carbocycles. The molecule has 9 nitrogen and oxygen atoms in total. The molecule has 2 heterocycles. The van der Waals surface area contributed by atoms with Gasteiger partial charge in [-0.25, -0.2) is 9.48 Å². The quantitative estimate of drug-likeness (QED) is 0.207. The number of fused-ring (bicyclic) bond motifs is 1. The highest BCUT2D eigenvalue weighted by molar-refractivity contribution is 5.96. The summed E-state index contributed by atoms with van der Waals surface area (Å²) >= 11 is 0. The van der Waals surface area contributed by atoms with Gasteiger partial charge in [0.1, 0.15) is 5.75 Å². The Hall–Kier alpha value is -3.75. The summed E-state index contributed by atoms with van der Waals surface area (Å²) < 4.78 is 13.5. The average molecular weight is 546 g/mol. The summed E-state index contributed by atoms with van der Waals surface area (Å²) in [5.74, 6) is 1.65. The van der Waals surface area contributed by atoms with Crippen LogP contribution >= 0.6 is 0 Å². The molecule has 0 N–H and O–H groups in total. The second-order valence-corrected chi connectivity index (χ2v) is 10.7. The third-order valence-corrected chi connectivity index (χ3v) is 7.81. The molecular formula is C31H39N5O4. The van der Waals surface area contributed by atoms with Crippen molar-refractivity contribution in [2.45, 2.75) is 83.1 Å². The molecule has 2 aromatic carbocycles. The normalized spacial score (nSPS) is 15.6. The number of benzene rings is 2. The molecule has 0 saturated heterocycles. The molecule has 1 aromatic heterocycles. The highest BCUT2D eigenvalue weighted by atomic mass is 16.5. The molecule has 1 saturated carbocycles. The number of nitrogens with zero attached hydrogens (tertiary/aromatic N) is 5. The number of tetrazole rings is 1. The number of esters is 1. The largest absolute Gasteiger partial charge is 0.494 e. The zero-order chi connectivity index (χ0) is 27.6. The molecular weight excluding hydrogens is 506 g/mol. The smallest absolute Gasteiger partial charge is 0.338 e. The highest BCUT2D eigenvalue weighted by Gasteiger charge is 2.24. The lowest BCUT2D eigenvalue weighted by Crippen LogP contribution is -2.36. The summed E-state index contributed by atoms with van der Waals surface area (Å²) in [4.78, 5) is 26.6. The van der Waals surface area contributed by atoms with Crippen molar-refractivity contribution in [3.63, 3.8) is 0 Å². The molecule has 1 amide bonds. The van der Waals surface area contributed by atoms with Crippen LogP contribution in [0.2, 0.25) is 0 Å².